The third-order valence-electron chi connectivity index (χ3n) is 6.55. The van der Waals surface area contributed by atoms with E-state index in [9.17, 15) is 8.42 Å². The summed E-state index contributed by atoms with van der Waals surface area (Å²) in [6.45, 7) is 9.35. The van der Waals surface area contributed by atoms with Gasteiger partial charge < -0.3 is 48.8 Å². The van der Waals surface area contributed by atoms with Crippen molar-refractivity contribution in [3.63, 3.8) is 0 Å². The summed E-state index contributed by atoms with van der Waals surface area (Å²) in [5, 5.41) is 0. The highest BCUT2D eigenvalue weighted by Gasteiger charge is 2.03. The van der Waals surface area contributed by atoms with E-state index in [0.29, 0.717) is 99.1 Å². The van der Waals surface area contributed by atoms with Gasteiger partial charge in [0.25, 0.3) is 0 Å². The van der Waals surface area contributed by atoms with Crippen LogP contribution in [0.15, 0.2) is 24.3 Å². The Labute approximate surface area is 288 Å². The van der Waals surface area contributed by atoms with Gasteiger partial charge in [0.1, 0.15) is 12.4 Å². The molecule has 0 heterocycles. The molecule has 0 spiro atoms. The van der Waals surface area contributed by atoms with Gasteiger partial charge in [0, 0.05) is 0 Å². The molecule has 1 rings (SSSR count). The van der Waals surface area contributed by atoms with Gasteiger partial charge in [-0.2, -0.15) is 8.42 Å². The van der Waals surface area contributed by atoms with Crippen LogP contribution in [0.25, 0.3) is 0 Å². The molecule has 0 aromatic heterocycles. The van der Waals surface area contributed by atoms with Gasteiger partial charge in [0.05, 0.1) is 112 Å². The van der Waals surface area contributed by atoms with Crippen molar-refractivity contribution in [1.29, 1.82) is 0 Å². The number of ether oxygens (including phenoxy) is 9. The Morgan fingerprint density at radius 3 is 1.19 bits per heavy atom. The Balaban J connectivity index is 0.0000221. The molecule has 48 heavy (non-hydrogen) atoms. The molecule has 0 aliphatic carbocycles. The highest BCUT2D eigenvalue weighted by atomic mass is 32.3. The maximum absolute atomic E-state index is 10.3. The molecule has 284 valence electrons. The second-order valence-corrected chi connectivity index (χ2v) is 11.6. The zero-order chi connectivity index (χ0) is 33.9. The first-order valence-electron chi connectivity index (χ1n) is 17.0. The van der Waals surface area contributed by atoms with Crippen LogP contribution in [-0.2, 0) is 58.9 Å². The zero-order valence-corrected chi connectivity index (χ0v) is 30.0. The van der Waals surface area contributed by atoms with E-state index >= 15 is 0 Å². The first-order valence-corrected chi connectivity index (χ1v) is 18.3. The molecular formula is C33H63NO13S. The summed E-state index contributed by atoms with van der Waals surface area (Å²) in [5.41, 5.74) is 1.37. The Hall–Kier alpha value is -1.47. The fraction of sp³-hybridized carbons (Fsp3) is 0.818. The first-order chi connectivity index (χ1) is 23.0. The van der Waals surface area contributed by atoms with Crippen LogP contribution in [0.5, 0.6) is 5.75 Å². The van der Waals surface area contributed by atoms with E-state index in [2.05, 4.69) is 23.2 Å². The molecule has 0 unspecified atom stereocenters. The molecule has 0 atom stereocenters. The van der Waals surface area contributed by atoms with E-state index in [4.69, 9.17) is 47.2 Å². The van der Waals surface area contributed by atoms with Crippen LogP contribution >= 0.6 is 0 Å². The molecule has 15 heteroatoms. The largest absolute Gasteiger partial charge is 0.491 e. The standard InChI is InChI=1S/C33H60O13S.H3N/c1-2-3-4-5-6-7-8-9-32-10-12-33(13-11-32)45-30-28-43-26-24-41-22-20-39-18-16-37-14-15-38-17-19-40-21-23-42-25-27-44-29-31-46-47(34,35)36;/h10-13H,2-9,14-31H2,1H3,(H,34,35,36);1H3. The lowest BCUT2D eigenvalue weighted by Crippen LogP contribution is -2.15. The van der Waals surface area contributed by atoms with Gasteiger partial charge >= 0.3 is 10.4 Å². The fourth-order valence-corrected chi connectivity index (χ4v) is 4.38. The molecule has 0 aliphatic rings. The van der Waals surface area contributed by atoms with Crippen molar-refractivity contribution in [2.75, 3.05) is 119 Å². The van der Waals surface area contributed by atoms with Crippen molar-refractivity contribution < 1.29 is 59.8 Å². The zero-order valence-electron chi connectivity index (χ0n) is 29.2. The maximum Gasteiger partial charge on any atom is 0.397 e. The molecule has 1 aromatic rings. The smallest absolute Gasteiger partial charge is 0.397 e. The van der Waals surface area contributed by atoms with E-state index < -0.39 is 10.4 Å². The minimum absolute atomic E-state index is 0. The molecule has 0 saturated carbocycles. The quantitative estimate of drug-likeness (QED) is 0.0728. The summed E-state index contributed by atoms with van der Waals surface area (Å²) in [6, 6.07) is 8.41. The van der Waals surface area contributed by atoms with Crippen molar-refractivity contribution in [2.45, 2.75) is 58.3 Å². The summed E-state index contributed by atoms with van der Waals surface area (Å²) in [4.78, 5) is 0. The van der Waals surface area contributed by atoms with Crippen molar-refractivity contribution in [2.24, 2.45) is 0 Å². The van der Waals surface area contributed by atoms with E-state index in [1.165, 1.54) is 50.5 Å². The predicted octanol–water partition coefficient (Wildman–Crippen LogP) is 4.47. The Kier molecular flexibility index (Phi) is 34.3. The van der Waals surface area contributed by atoms with Crippen LogP contribution in [0.1, 0.15) is 57.4 Å². The number of benzene rings is 1. The van der Waals surface area contributed by atoms with Crippen molar-refractivity contribution in [3.05, 3.63) is 29.8 Å². The van der Waals surface area contributed by atoms with Gasteiger partial charge in [-0.3, -0.25) is 4.55 Å². The normalized spacial score (nSPS) is 11.5. The minimum Gasteiger partial charge on any atom is -0.491 e. The Morgan fingerprint density at radius 1 is 0.479 bits per heavy atom. The second-order valence-electron chi connectivity index (χ2n) is 10.5. The Morgan fingerprint density at radius 2 is 0.812 bits per heavy atom. The highest BCUT2D eigenvalue weighted by molar-refractivity contribution is 7.80. The third-order valence-corrected chi connectivity index (χ3v) is 7.02. The molecule has 0 bridgehead atoms. The van der Waals surface area contributed by atoms with Crippen LogP contribution in [0.3, 0.4) is 0 Å². The van der Waals surface area contributed by atoms with Crippen LogP contribution in [0.2, 0.25) is 0 Å². The molecule has 1 aromatic carbocycles. The first kappa shape index (κ1) is 46.5. The van der Waals surface area contributed by atoms with Gasteiger partial charge in [-0.05, 0) is 30.5 Å². The number of hydrogen-bond acceptors (Lipinski definition) is 13. The van der Waals surface area contributed by atoms with E-state index in [-0.39, 0.29) is 26.0 Å². The van der Waals surface area contributed by atoms with Gasteiger partial charge in [0.15, 0.2) is 0 Å². The van der Waals surface area contributed by atoms with E-state index in [1.807, 2.05) is 12.1 Å². The highest BCUT2D eigenvalue weighted by Crippen LogP contribution is 2.15. The molecule has 0 aliphatic heterocycles. The van der Waals surface area contributed by atoms with Crippen molar-refractivity contribution >= 4 is 10.4 Å². The molecule has 0 saturated heterocycles. The second kappa shape index (κ2) is 35.4. The summed E-state index contributed by atoms with van der Waals surface area (Å²) in [5.74, 6) is 0.876. The van der Waals surface area contributed by atoms with E-state index in [1.54, 1.807) is 0 Å². The van der Waals surface area contributed by atoms with Crippen LogP contribution in [-0.4, -0.2) is 132 Å². The molecule has 0 amide bonds. The minimum atomic E-state index is -4.42. The lowest BCUT2D eigenvalue weighted by Gasteiger charge is -2.09. The van der Waals surface area contributed by atoms with Crippen LogP contribution in [0, 0.1) is 0 Å². The Bertz CT molecular complexity index is 894. The third kappa shape index (κ3) is 34.4. The molecule has 4 N–H and O–H groups in total. The topological polar surface area (TPSA) is 182 Å². The average Bonchev–Trinajstić information content (AvgIpc) is 3.05. The number of hydrogen-bond donors (Lipinski definition) is 2. The van der Waals surface area contributed by atoms with Crippen LogP contribution < -0.4 is 10.9 Å². The average molecular weight is 714 g/mol. The molecular weight excluding hydrogens is 650 g/mol. The lowest BCUT2D eigenvalue weighted by molar-refractivity contribution is -0.0241. The van der Waals surface area contributed by atoms with Crippen molar-refractivity contribution in [1.82, 2.24) is 6.15 Å². The summed E-state index contributed by atoms with van der Waals surface area (Å²) in [6.07, 6.45) is 10.5. The molecule has 14 nitrogen and oxygen atoms in total. The number of unbranched alkanes of at least 4 members (excludes halogenated alkanes) is 6. The molecule has 0 fully saturated rings. The fourth-order valence-electron chi connectivity index (χ4n) is 4.10. The van der Waals surface area contributed by atoms with Crippen LogP contribution in [0.4, 0.5) is 0 Å². The maximum atomic E-state index is 10.3. The number of rotatable bonds is 37. The van der Waals surface area contributed by atoms with Gasteiger partial charge in [-0.25, -0.2) is 4.18 Å². The summed E-state index contributed by atoms with van der Waals surface area (Å²) in [7, 11) is -4.42. The number of aryl methyl sites for hydroxylation is 1. The molecule has 0 radical (unpaired) electrons. The SMILES string of the molecule is CCCCCCCCCc1ccc(OCCOCCOCCOCCOCCOCCOCCOCCOCCOS(=O)(=O)O)cc1.N. The van der Waals surface area contributed by atoms with Gasteiger partial charge in [-0.1, -0.05) is 57.6 Å². The monoisotopic (exact) mass is 713 g/mol. The van der Waals surface area contributed by atoms with Crippen molar-refractivity contribution in [3.8, 4) is 5.75 Å². The predicted molar refractivity (Wildman–Crippen MR) is 183 cm³/mol. The summed E-state index contributed by atoms with van der Waals surface area (Å²) >= 11 is 0. The lowest BCUT2D eigenvalue weighted by atomic mass is 10.0. The van der Waals surface area contributed by atoms with Gasteiger partial charge in [-0.15, -0.1) is 0 Å². The van der Waals surface area contributed by atoms with E-state index in [0.717, 1.165) is 12.2 Å². The van der Waals surface area contributed by atoms with Gasteiger partial charge in [0.2, 0.25) is 0 Å². The summed E-state index contributed by atoms with van der Waals surface area (Å²) < 4.78 is 82.2.